The Morgan fingerprint density at radius 2 is 1.92 bits per heavy atom. The van der Waals surface area contributed by atoms with E-state index in [1.807, 2.05) is 11.0 Å². The third kappa shape index (κ3) is 7.17. The highest BCUT2D eigenvalue weighted by atomic mass is 19.4. The molecule has 2 saturated carbocycles. The van der Waals surface area contributed by atoms with Crippen LogP contribution in [0, 0.1) is 18.8 Å². The molecule has 2 aromatic rings. The maximum Gasteiger partial charge on any atom is 0.389 e. The molecular formula is C26H33F3N4O4. The number of rotatable bonds is 9. The molecule has 37 heavy (non-hydrogen) atoms. The molecule has 0 saturated heterocycles. The molecule has 2 amide bonds. The van der Waals surface area contributed by atoms with E-state index >= 15 is 0 Å². The van der Waals surface area contributed by atoms with E-state index in [-0.39, 0.29) is 24.3 Å². The van der Waals surface area contributed by atoms with Crippen molar-refractivity contribution in [2.24, 2.45) is 11.8 Å². The Balaban J connectivity index is 1.64. The molecule has 3 atom stereocenters. The second kappa shape index (κ2) is 11.0. The molecule has 3 N–H and O–H groups in total. The van der Waals surface area contributed by atoms with Crippen LogP contribution in [0.1, 0.15) is 69.1 Å². The lowest BCUT2D eigenvalue weighted by Crippen LogP contribution is -2.41. The van der Waals surface area contributed by atoms with Crippen LogP contribution < -0.4 is 15.5 Å². The Kier molecular flexibility index (Phi) is 7.99. The molecular weight excluding hydrogens is 489 g/mol. The highest BCUT2D eigenvalue weighted by molar-refractivity contribution is 6.01. The number of carbonyl (C=O) groups is 2. The van der Waals surface area contributed by atoms with E-state index in [0.29, 0.717) is 23.6 Å². The zero-order valence-electron chi connectivity index (χ0n) is 21.0. The van der Waals surface area contributed by atoms with Crippen molar-refractivity contribution in [2.75, 3.05) is 22.1 Å². The van der Waals surface area contributed by atoms with E-state index in [9.17, 15) is 27.9 Å². The van der Waals surface area contributed by atoms with Crippen LogP contribution in [0.4, 0.5) is 35.2 Å². The number of anilines is 3. The summed E-state index contributed by atoms with van der Waals surface area (Å²) < 4.78 is 44.5. The van der Waals surface area contributed by atoms with Gasteiger partial charge in [0.25, 0.3) is 0 Å². The fourth-order valence-corrected chi connectivity index (χ4v) is 5.30. The summed E-state index contributed by atoms with van der Waals surface area (Å²) in [5.74, 6) is -1.42. The van der Waals surface area contributed by atoms with Gasteiger partial charge in [0.15, 0.2) is 5.82 Å². The molecule has 4 rings (SSSR count). The standard InChI is InChI=1S/C26H33F3N4O4/c1-15(13-26(27,28)29)14-33(18-6-4-3-5-7-18)22-9-8-17(19-12-20(19)24(34)35)11-21(22)30-25(36)31-23-10-16(2)37-32-23/h8-11,15,18-20H,3-7,12-14H2,1-2H3,(H,34,35)(H2,30,31,32,36)/t15?,19-,20-/m1/s1. The lowest BCUT2D eigenvalue weighted by molar-refractivity contribution is -0.142. The van der Waals surface area contributed by atoms with Gasteiger partial charge >= 0.3 is 18.2 Å². The van der Waals surface area contributed by atoms with E-state index in [0.717, 1.165) is 37.7 Å². The average molecular weight is 523 g/mol. The Hall–Kier alpha value is -3.24. The number of nitrogens with one attached hydrogen (secondary N) is 2. The summed E-state index contributed by atoms with van der Waals surface area (Å²) in [5, 5.41) is 18.6. The van der Waals surface area contributed by atoms with Gasteiger partial charge in [-0.15, -0.1) is 0 Å². The highest BCUT2D eigenvalue weighted by Crippen LogP contribution is 2.49. The van der Waals surface area contributed by atoms with E-state index in [2.05, 4.69) is 15.8 Å². The number of aryl methyl sites for hydroxylation is 1. The zero-order chi connectivity index (χ0) is 26.7. The van der Waals surface area contributed by atoms with Crippen LogP contribution >= 0.6 is 0 Å². The fourth-order valence-electron chi connectivity index (χ4n) is 5.30. The summed E-state index contributed by atoms with van der Waals surface area (Å²) in [7, 11) is 0. The molecule has 0 bridgehead atoms. The fraction of sp³-hybridized carbons (Fsp3) is 0.577. The van der Waals surface area contributed by atoms with Crippen molar-refractivity contribution in [3.63, 3.8) is 0 Å². The van der Waals surface area contributed by atoms with Gasteiger partial charge in [-0.25, -0.2) is 4.79 Å². The van der Waals surface area contributed by atoms with Gasteiger partial charge in [0.1, 0.15) is 5.76 Å². The smallest absolute Gasteiger partial charge is 0.389 e. The van der Waals surface area contributed by atoms with Gasteiger partial charge in [0.05, 0.1) is 17.3 Å². The van der Waals surface area contributed by atoms with Crippen molar-refractivity contribution in [2.45, 2.75) is 76.9 Å². The molecule has 11 heteroatoms. The Morgan fingerprint density at radius 1 is 1.19 bits per heavy atom. The number of carbonyl (C=O) groups excluding carboxylic acids is 1. The monoisotopic (exact) mass is 522 g/mol. The first-order valence-corrected chi connectivity index (χ1v) is 12.7. The van der Waals surface area contributed by atoms with E-state index in [1.165, 1.54) is 0 Å². The number of halogens is 3. The quantitative estimate of drug-likeness (QED) is 0.345. The van der Waals surface area contributed by atoms with Crippen LogP contribution in [0.2, 0.25) is 0 Å². The van der Waals surface area contributed by atoms with Crippen LogP contribution in [0.3, 0.4) is 0 Å². The number of aliphatic carboxylic acids is 1. The van der Waals surface area contributed by atoms with E-state index in [1.54, 1.807) is 32.0 Å². The first-order valence-electron chi connectivity index (χ1n) is 12.7. The number of carboxylic acid groups (broad SMARTS) is 1. The molecule has 2 fully saturated rings. The minimum atomic E-state index is -4.27. The van der Waals surface area contributed by atoms with Gasteiger partial charge in [-0.05, 0) is 55.7 Å². The highest BCUT2D eigenvalue weighted by Gasteiger charge is 2.44. The Bertz CT molecular complexity index is 1110. The van der Waals surface area contributed by atoms with Gasteiger partial charge in [-0.2, -0.15) is 13.2 Å². The number of urea groups is 1. The molecule has 2 aliphatic rings. The molecule has 1 heterocycles. The van der Waals surface area contributed by atoms with Crippen molar-refractivity contribution < 1.29 is 32.4 Å². The number of alkyl halides is 3. The molecule has 202 valence electrons. The van der Waals surface area contributed by atoms with Crippen LogP contribution in [-0.2, 0) is 4.79 Å². The number of hydrogen-bond acceptors (Lipinski definition) is 5. The molecule has 1 unspecified atom stereocenters. The van der Waals surface area contributed by atoms with Crippen LogP contribution in [0.5, 0.6) is 0 Å². The second-order valence-electron chi connectivity index (χ2n) is 10.3. The second-order valence-corrected chi connectivity index (χ2v) is 10.3. The number of aromatic nitrogens is 1. The van der Waals surface area contributed by atoms with Crippen LogP contribution in [0.15, 0.2) is 28.8 Å². The maximum absolute atomic E-state index is 13.2. The van der Waals surface area contributed by atoms with Gasteiger partial charge in [0.2, 0.25) is 0 Å². The van der Waals surface area contributed by atoms with Crippen molar-refractivity contribution >= 4 is 29.2 Å². The SMILES string of the molecule is Cc1cc(NC(=O)Nc2cc([C@H]3C[C@H]3C(=O)O)ccc2N(CC(C)CC(F)(F)F)C2CCCCC2)no1. The Morgan fingerprint density at radius 3 is 2.51 bits per heavy atom. The molecule has 8 nitrogen and oxygen atoms in total. The van der Waals surface area contributed by atoms with Gasteiger partial charge in [-0.1, -0.05) is 37.4 Å². The molecule has 1 aromatic heterocycles. The van der Waals surface area contributed by atoms with Gasteiger partial charge < -0.3 is 19.8 Å². The molecule has 2 aliphatic carbocycles. The lowest BCUT2D eigenvalue weighted by Gasteiger charge is -2.39. The summed E-state index contributed by atoms with van der Waals surface area (Å²) in [4.78, 5) is 26.3. The first-order chi connectivity index (χ1) is 17.5. The van der Waals surface area contributed by atoms with Crippen molar-refractivity contribution in [1.29, 1.82) is 0 Å². The molecule has 1 aromatic carbocycles. The average Bonchev–Trinajstić information content (AvgIpc) is 3.53. The number of amides is 2. The zero-order valence-corrected chi connectivity index (χ0v) is 21.0. The van der Waals surface area contributed by atoms with Crippen LogP contribution in [-0.4, -0.2) is 41.0 Å². The normalized spacial score (nSPS) is 20.8. The summed E-state index contributed by atoms with van der Waals surface area (Å²) in [6, 6.07) is 6.41. The third-order valence-electron chi connectivity index (χ3n) is 7.09. The molecule has 0 spiro atoms. The molecule has 0 radical (unpaired) electrons. The summed E-state index contributed by atoms with van der Waals surface area (Å²) in [6.07, 6.45) is 0.120. The maximum atomic E-state index is 13.2. The third-order valence-corrected chi connectivity index (χ3v) is 7.09. The Labute approximate surface area is 213 Å². The number of nitrogens with zero attached hydrogens (tertiary/aromatic N) is 2. The van der Waals surface area contributed by atoms with Crippen molar-refractivity contribution in [3.8, 4) is 0 Å². The van der Waals surface area contributed by atoms with E-state index in [4.69, 9.17) is 4.52 Å². The van der Waals surface area contributed by atoms with Crippen molar-refractivity contribution in [1.82, 2.24) is 5.16 Å². The van der Waals surface area contributed by atoms with Crippen molar-refractivity contribution in [3.05, 3.63) is 35.6 Å². The molecule has 0 aliphatic heterocycles. The van der Waals surface area contributed by atoms with E-state index < -0.39 is 36.4 Å². The number of benzene rings is 1. The minimum absolute atomic E-state index is 0.0461. The predicted octanol–water partition coefficient (Wildman–Crippen LogP) is 6.54. The summed E-state index contributed by atoms with van der Waals surface area (Å²) in [5.41, 5.74) is 1.83. The number of carboxylic acids is 1. The van der Waals surface area contributed by atoms with Gasteiger partial charge in [0, 0.05) is 25.1 Å². The predicted molar refractivity (Wildman–Crippen MR) is 133 cm³/mol. The summed E-state index contributed by atoms with van der Waals surface area (Å²) >= 11 is 0. The first kappa shape index (κ1) is 26.8. The largest absolute Gasteiger partial charge is 0.481 e. The number of hydrogen-bond donors (Lipinski definition) is 3. The summed E-state index contributed by atoms with van der Waals surface area (Å²) in [6.45, 7) is 3.46. The topological polar surface area (TPSA) is 108 Å². The van der Waals surface area contributed by atoms with Crippen LogP contribution in [0.25, 0.3) is 0 Å². The lowest BCUT2D eigenvalue weighted by atomic mass is 9.92. The van der Waals surface area contributed by atoms with Gasteiger partial charge in [-0.3, -0.25) is 10.1 Å². The minimum Gasteiger partial charge on any atom is -0.481 e.